The molecule has 0 aliphatic rings. The molecule has 0 spiro atoms. The number of ether oxygens (including phenoxy) is 1. The highest BCUT2D eigenvalue weighted by atomic mass is 35.5. The molecule has 0 fully saturated rings. The number of hydrogen-bond acceptors (Lipinski definition) is 5. The number of nitrogens with zero attached hydrogens (tertiary/aromatic N) is 2. The van der Waals surface area contributed by atoms with E-state index in [4.69, 9.17) is 16.3 Å². The molecule has 0 amide bonds. The lowest BCUT2D eigenvalue weighted by molar-refractivity contribution is 0.198. The Labute approximate surface area is 129 Å². The normalized spacial score (nSPS) is 10.4. The molecule has 0 saturated heterocycles. The molecule has 112 valence electrons. The third kappa shape index (κ3) is 4.88. The summed E-state index contributed by atoms with van der Waals surface area (Å²) in [6, 6.07) is 7.68. The molecule has 0 aliphatic heterocycles. The maximum absolute atomic E-state index is 6.11. The van der Waals surface area contributed by atoms with Gasteiger partial charge in [-0.05, 0) is 31.0 Å². The summed E-state index contributed by atoms with van der Waals surface area (Å²) >= 11 is 6.11. The zero-order valence-corrected chi connectivity index (χ0v) is 12.9. The second kappa shape index (κ2) is 7.81. The van der Waals surface area contributed by atoms with E-state index in [2.05, 4.69) is 20.6 Å². The lowest BCUT2D eigenvalue weighted by Gasteiger charge is -2.09. The van der Waals surface area contributed by atoms with Crippen molar-refractivity contribution in [3.05, 3.63) is 41.2 Å². The van der Waals surface area contributed by atoms with Crippen LogP contribution in [0.15, 0.2) is 30.6 Å². The van der Waals surface area contributed by atoms with Gasteiger partial charge in [0.1, 0.15) is 18.0 Å². The van der Waals surface area contributed by atoms with Crippen molar-refractivity contribution in [2.45, 2.75) is 13.3 Å². The molecule has 0 bridgehead atoms. The number of benzene rings is 1. The maximum Gasteiger partial charge on any atom is 0.135 e. The van der Waals surface area contributed by atoms with Crippen molar-refractivity contribution in [2.24, 2.45) is 0 Å². The summed E-state index contributed by atoms with van der Waals surface area (Å²) in [5.74, 6) is 1.50. The topological polar surface area (TPSA) is 59.1 Å². The van der Waals surface area contributed by atoms with Crippen LogP contribution in [0.1, 0.15) is 12.0 Å². The summed E-state index contributed by atoms with van der Waals surface area (Å²) in [6.07, 6.45) is 2.45. The first kappa shape index (κ1) is 15.5. The molecule has 6 heteroatoms. The van der Waals surface area contributed by atoms with Gasteiger partial charge in [-0.1, -0.05) is 17.7 Å². The van der Waals surface area contributed by atoms with Crippen LogP contribution in [0.4, 0.5) is 17.3 Å². The number of nitrogens with one attached hydrogen (secondary N) is 2. The predicted octanol–water partition coefficient (Wildman–Crippen LogP) is 3.63. The van der Waals surface area contributed by atoms with Crippen LogP contribution >= 0.6 is 11.6 Å². The number of aromatic nitrogens is 2. The van der Waals surface area contributed by atoms with Crippen LogP contribution in [0.5, 0.6) is 0 Å². The van der Waals surface area contributed by atoms with Gasteiger partial charge >= 0.3 is 0 Å². The minimum absolute atomic E-state index is 0.721. The van der Waals surface area contributed by atoms with E-state index in [1.807, 2.05) is 31.2 Å². The van der Waals surface area contributed by atoms with Crippen LogP contribution in [-0.4, -0.2) is 30.2 Å². The quantitative estimate of drug-likeness (QED) is 0.765. The van der Waals surface area contributed by atoms with Crippen molar-refractivity contribution < 1.29 is 4.74 Å². The zero-order chi connectivity index (χ0) is 15.1. The van der Waals surface area contributed by atoms with Crippen LogP contribution in [0, 0.1) is 6.92 Å². The zero-order valence-electron chi connectivity index (χ0n) is 12.2. The monoisotopic (exact) mass is 306 g/mol. The Bertz CT molecular complexity index is 592. The average Bonchev–Trinajstić information content (AvgIpc) is 2.48. The van der Waals surface area contributed by atoms with Gasteiger partial charge < -0.3 is 15.4 Å². The van der Waals surface area contributed by atoms with E-state index in [1.54, 1.807) is 7.11 Å². The van der Waals surface area contributed by atoms with Gasteiger partial charge in [0.25, 0.3) is 0 Å². The molecule has 0 aliphatic carbocycles. The first-order valence-electron chi connectivity index (χ1n) is 6.77. The van der Waals surface area contributed by atoms with Crippen molar-refractivity contribution in [2.75, 3.05) is 30.9 Å². The van der Waals surface area contributed by atoms with E-state index in [9.17, 15) is 0 Å². The number of rotatable bonds is 7. The largest absolute Gasteiger partial charge is 0.385 e. The Kier molecular flexibility index (Phi) is 5.78. The minimum atomic E-state index is 0.721. The van der Waals surface area contributed by atoms with E-state index >= 15 is 0 Å². The molecule has 1 aromatic heterocycles. The molecule has 1 aromatic carbocycles. The average molecular weight is 307 g/mol. The van der Waals surface area contributed by atoms with Crippen molar-refractivity contribution >= 4 is 28.9 Å². The van der Waals surface area contributed by atoms with Gasteiger partial charge in [0.2, 0.25) is 0 Å². The third-order valence-corrected chi connectivity index (χ3v) is 3.35. The van der Waals surface area contributed by atoms with Gasteiger partial charge in [0, 0.05) is 37.0 Å². The molecule has 2 rings (SSSR count). The van der Waals surface area contributed by atoms with Crippen molar-refractivity contribution in [3.63, 3.8) is 0 Å². The summed E-state index contributed by atoms with van der Waals surface area (Å²) in [5.41, 5.74) is 1.94. The fourth-order valence-electron chi connectivity index (χ4n) is 1.77. The minimum Gasteiger partial charge on any atom is -0.385 e. The van der Waals surface area contributed by atoms with Gasteiger partial charge in [-0.15, -0.1) is 0 Å². The first-order valence-corrected chi connectivity index (χ1v) is 7.15. The SMILES string of the molecule is COCCCNc1cc(Nc2ccc(C)c(Cl)c2)ncn1. The lowest BCUT2D eigenvalue weighted by atomic mass is 10.2. The van der Waals surface area contributed by atoms with Crippen molar-refractivity contribution in [3.8, 4) is 0 Å². The van der Waals surface area contributed by atoms with E-state index in [0.29, 0.717) is 0 Å². The van der Waals surface area contributed by atoms with Gasteiger partial charge in [0.15, 0.2) is 0 Å². The lowest BCUT2D eigenvalue weighted by Crippen LogP contribution is -2.06. The molecule has 0 radical (unpaired) electrons. The van der Waals surface area contributed by atoms with E-state index in [-0.39, 0.29) is 0 Å². The summed E-state index contributed by atoms with van der Waals surface area (Å²) < 4.78 is 5.01. The Hall–Kier alpha value is -1.85. The van der Waals surface area contributed by atoms with Gasteiger partial charge in [0.05, 0.1) is 0 Å². The van der Waals surface area contributed by atoms with Crippen molar-refractivity contribution in [1.82, 2.24) is 9.97 Å². The molecular formula is C15H19ClN4O. The summed E-state index contributed by atoms with van der Waals surface area (Å²) in [7, 11) is 1.69. The Balaban J connectivity index is 1.98. The maximum atomic E-state index is 6.11. The Morgan fingerprint density at radius 2 is 2.00 bits per heavy atom. The van der Waals surface area contributed by atoms with E-state index in [0.717, 1.165) is 47.5 Å². The van der Waals surface area contributed by atoms with Gasteiger partial charge in [-0.2, -0.15) is 0 Å². The number of hydrogen-bond donors (Lipinski definition) is 2. The molecule has 0 atom stereocenters. The molecule has 5 nitrogen and oxygen atoms in total. The fraction of sp³-hybridized carbons (Fsp3) is 0.333. The third-order valence-electron chi connectivity index (χ3n) is 2.94. The van der Waals surface area contributed by atoms with Crippen molar-refractivity contribution in [1.29, 1.82) is 0 Å². The molecule has 1 heterocycles. The molecule has 0 saturated carbocycles. The highest BCUT2D eigenvalue weighted by Gasteiger charge is 2.01. The Morgan fingerprint density at radius 3 is 2.76 bits per heavy atom. The number of methoxy groups -OCH3 is 1. The summed E-state index contributed by atoms with van der Waals surface area (Å²) in [4.78, 5) is 8.38. The number of aryl methyl sites for hydroxylation is 1. The number of anilines is 3. The standard InChI is InChI=1S/C15H19ClN4O/c1-11-4-5-12(8-13(11)16)20-15-9-14(18-10-19-15)17-6-3-7-21-2/h4-5,8-10H,3,6-7H2,1-2H3,(H2,17,18,19,20). The smallest absolute Gasteiger partial charge is 0.135 e. The Morgan fingerprint density at radius 1 is 1.19 bits per heavy atom. The number of halogens is 1. The van der Waals surface area contributed by atoms with Gasteiger partial charge in [-0.3, -0.25) is 0 Å². The van der Waals surface area contributed by atoms with Crippen LogP contribution in [-0.2, 0) is 4.74 Å². The van der Waals surface area contributed by atoms with Gasteiger partial charge in [-0.25, -0.2) is 9.97 Å². The second-order valence-corrected chi connectivity index (χ2v) is 5.06. The predicted molar refractivity (Wildman–Crippen MR) is 86.5 cm³/mol. The highest BCUT2D eigenvalue weighted by Crippen LogP contribution is 2.22. The molecule has 21 heavy (non-hydrogen) atoms. The first-order chi connectivity index (χ1) is 10.2. The summed E-state index contributed by atoms with van der Waals surface area (Å²) in [5, 5.41) is 7.17. The summed E-state index contributed by atoms with van der Waals surface area (Å²) in [6.45, 7) is 3.50. The fourth-order valence-corrected chi connectivity index (χ4v) is 1.95. The van der Waals surface area contributed by atoms with Crippen LogP contribution in [0.25, 0.3) is 0 Å². The second-order valence-electron chi connectivity index (χ2n) is 4.65. The highest BCUT2D eigenvalue weighted by molar-refractivity contribution is 6.31. The molecule has 2 N–H and O–H groups in total. The van der Waals surface area contributed by atoms with Crippen LogP contribution in [0.2, 0.25) is 5.02 Å². The van der Waals surface area contributed by atoms with Crippen LogP contribution in [0.3, 0.4) is 0 Å². The van der Waals surface area contributed by atoms with Crippen LogP contribution < -0.4 is 10.6 Å². The van der Waals surface area contributed by atoms with E-state index < -0.39 is 0 Å². The molecule has 2 aromatic rings. The van der Waals surface area contributed by atoms with E-state index in [1.165, 1.54) is 6.33 Å². The molecule has 0 unspecified atom stereocenters. The molecular weight excluding hydrogens is 288 g/mol.